The van der Waals surface area contributed by atoms with Crippen molar-refractivity contribution < 1.29 is 9.50 Å². The SMILES string of the molecule is CCC(C)C(C)(O)Cc1ccc(F)cc1Br. The molecule has 0 heterocycles. The maximum Gasteiger partial charge on any atom is 0.124 e. The van der Waals surface area contributed by atoms with E-state index >= 15 is 0 Å². The number of halogens is 2. The first-order chi connectivity index (χ1) is 7.36. The standard InChI is InChI=1S/C13H18BrFO/c1-4-9(2)13(3,16)8-10-5-6-11(15)7-12(10)14/h5-7,9,16H,4,8H2,1-3H3. The smallest absolute Gasteiger partial charge is 0.124 e. The fraction of sp³-hybridized carbons (Fsp3) is 0.538. The van der Waals surface area contributed by atoms with Crippen molar-refractivity contribution in [3.05, 3.63) is 34.1 Å². The van der Waals surface area contributed by atoms with Crippen molar-refractivity contribution in [3.63, 3.8) is 0 Å². The Kier molecular flexibility index (Phi) is 4.51. The lowest BCUT2D eigenvalue weighted by Gasteiger charge is -2.30. The lowest BCUT2D eigenvalue weighted by atomic mass is 9.83. The number of benzene rings is 1. The highest BCUT2D eigenvalue weighted by Gasteiger charge is 2.27. The minimum Gasteiger partial charge on any atom is -0.390 e. The van der Waals surface area contributed by atoms with E-state index in [1.807, 2.05) is 13.8 Å². The normalized spacial score (nSPS) is 16.9. The van der Waals surface area contributed by atoms with Gasteiger partial charge in [-0.05, 0) is 30.5 Å². The van der Waals surface area contributed by atoms with Crippen LogP contribution in [0, 0.1) is 11.7 Å². The predicted molar refractivity (Wildman–Crippen MR) is 67.9 cm³/mol. The van der Waals surface area contributed by atoms with Gasteiger partial charge in [-0.25, -0.2) is 4.39 Å². The van der Waals surface area contributed by atoms with Crippen molar-refractivity contribution in [3.8, 4) is 0 Å². The van der Waals surface area contributed by atoms with Crippen LogP contribution >= 0.6 is 15.9 Å². The minimum absolute atomic E-state index is 0.212. The van der Waals surface area contributed by atoms with E-state index in [9.17, 15) is 9.50 Å². The van der Waals surface area contributed by atoms with Crippen LogP contribution < -0.4 is 0 Å². The Morgan fingerprint density at radius 1 is 1.50 bits per heavy atom. The molecule has 0 aromatic heterocycles. The van der Waals surface area contributed by atoms with Gasteiger partial charge in [0.05, 0.1) is 5.60 Å². The van der Waals surface area contributed by atoms with Crippen molar-refractivity contribution in [2.75, 3.05) is 0 Å². The Bertz CT molecular complexity index is 363. The van der Waals surface area contributed by atoms with E-state index in [0.29, 0.717) is 6.42 Å². The summed E-state index contributed by atoms with van der Waals surface area (Å²) in [5.41, 5.74) is 0.182. The van der Waals surface area contributed by atoms with Crippen LogP contribution in [0.4, 0.5) is 4.39 Å². The zero-order chi connectivity index (χ0) is 12.3. The molecule has 0 aliphatic heterocycles. The van der Waals surface area contributed by atoms with Crippen molar-refractivity contribution in [1.82, 2.24) is 0 Å². The maximum atomic E-state index is 12.9. The first kappa shape index (κ1) is 13.7. The predicted octanol–water partition coefficient (Wildman–Crippen LogP) is 3.93. The molecule has 0 spiro atoms. The van der Waals surface area contributed by atoms with Crippen LogP contribution in [0.5, 0.6) is 0 Å². The minimum atomic E-state index is -0.755. The number of aliphatic hydroxyl groups is 1. The third-order valence-corrected chi connectivity index (χ3v) is 3.98. The molecule has 1 aromatic rings. The van der Waals surface area contributed by atoms with Gasteiger partial charge in [0, 0.05) is 10.9 Å². The van der Waals surface area contributed by atoms with Gasteiger partial charge in [0.2, 0.25) is 0 Å². The van der Waals surface area contributed by atoms with Gasteiger partial charge in [-0.2, -0.15) is 0 Å². The summed E-state index contributed by atoms with van der Waals surface area (Å²) in [4.78, 5) is 0. The van der Waals surface area contributed by atoms with Crippen LogP contribution in [0.3, 0.4) is 0 Å². The molecular formula is C13H18BrFO. The molecule has 0 saturated heterocycles. The molecule has 1 nitrogen and oxygen atoms in total. The van der Waals surface area contributed by atoms with E-state index in [2.05, 4.69) is 22.9 Å². The monoisotopic (exact) mass is 288 g/mol. The van der Waals surface area contributed by atoms with Crippen LogP contribution in [0.2, 0.25) is 0 Å². The quantitative estimate of drug-likeness (QED) is 0.890. The van der Waals surface area contributed by atoms with Crippen molar-refractivity contribution in [2.24, 2.45) is 5.92 Å². The van der Waals surface area contributed by atoms with Gasteiger partial charge in [-0.1, -0.05) is 42.3 Å². The molecule has 16 heavy (non-hydrogen) atoms. The molecule has 1 rings (SSSR count). The molecule has 0 fully saturated rings. The third kappa shape index (κ3) is 3.29. The Morgan fingerprint density at radius 2 is 2.12 bits per heavy atom. The molecule has 0 saturated carbocycles. The van der Waals surface area contributed by atoms with E-state index in [4.69, 9.17) is 0 Å². The zero-order valence-corrected chi connectivity index (χ0v) is 11.5. The van der Waals surface area contributed by atoms with Gasteiger partial charge in [-0.3, -0.25) is 0 Å². The van der Waals surface area contributed by atoms with Crippen LogP contribution in [-0.2, 0) is 6.42 Å². The first-order valence-electron chi connectivity index (χ1n) is 5.53. The Balaban J connectivity index is 2.87. The summed E-state index contributed by atoms with van der Waals surface area (Å²) < 4.78 is 13.6. The summed E-state index contributed by atoms with van der Waals surface area (Å²) in [6.45, 7) is 5.91. The van der Waals surface area contributed by atoms with Gasteiger partial charge in [0.15, 0.2) is 0 Å². The van der Waals surface area contributed by atoms with E-state index < -0.39 is 5.60 Å². The van der Waals surface area contributed by atoms with Gasteiger partial charge >= 0.3 is 0 Å². The second kappa shape index (κ2) is 5.28. The Hall–Kier alpha value is -0.410. The highest BCUT2D eigenvalue weighted by atomic mass is 79.9. The summed E-state index contributed by atoms with van der Waals surface area (Å²) in [7, 11) is 0. The van der Waals surface area contributed by atoms with Crippen LogP contribution in [0.15, 0.2) is 22.7 Å². The van der Waals surface area contributed by atoms with E-state index in [-0.39, 0.29) is 11.7 Å². The molecule has 3 heteroatoms. The molecular weight excluding hydrogens is 271 g/mol. The first-order valence-corrected chi connectivity index (χ1v) is 6.32. The number of hydrogen-bond donors (Lipinski definition) is 1. The molecule has 0 aliphatic carbocycles. The van der Waals surface area contributed by atoms with Crippen molar-refractivity contribution >= 4 is 15.9 Å². The molecule has 0 radical (unpaired) electrons. The van der Waals surface area contributed by atoms with Crippen LogP contribution in [0.1, 0.15) is 32.8 Å². The lowest BCUT2D eigenvalue weighted by Crippen LogP contribution is -2.35. The average Bonchev–Trinajstić information content (AvgIpc) is 2.21. The second-order valence-electron chi connectivity index (χ2n) is 4.58. The summed E-state index contributed by atoms with van der Waals surface area (Å²) in [5, 5.41) is 10.3. The zero-order valence-electron chi connectivity index (χ0n) is 9.93. The third-order valence-electron chi connectivity index (χ3n) is 3.24. The van der Waals surface area contributed by atoms with Gasteiger partial charge in [0.1, 0.15) is 5.82 Å². The number of rotatable bonds is 4. The van der Waals surface area contributed by atoms with E-state index in [1.54, 1.807) is 6.07 Å². The highest BCUT2D eigenvalue weighted by Crippen LogP contribution is 2.28. The highest BCUT2D eigenvalue weighted by molar-refractivity contribution is 9.10. The van der Waals surface area contributed by atoms with Crippen molar-refractivity contribution in [2.45, 2.75) is 39.2 Å². The molecule has 0 amide bonds. The molecule has 1 aromatic carbocycles. The van der Waals surface area contributed by atoms with Crippen molar-refractivity contribution in [1.29, 1.82) is 0 Å². The van der Waals surface area contributed by atoms with Crippen LogP contribution in [-0.4, -0.2) is 10.7 Å². The van der Waals surface area contributed by atoms with Gasteiger partial charge < -0.3 is 5.11 Å². The second-order valence-corrected chi connectivity index (χ2v) is 5.43. The van der Waals surface area contributed by atoms with E-state index in [1.165, 1.54) is 12.1 Å². The van der Waals surface area contributed by atoms with Gasteiger partial charge in [0.25, 0.3) is 0 Å². The molecule has 90 valence electrons. The summed E-state index contributed by atoms with van der Waals surface area (Å²) in [5.74, 6) is -0.0525. The Morgan fingerprint density at radius 3 is 2.62 bits per heavy atom. The number of hydrogen-bond acceptors (Lipinski definition) is 1. The average molecular weight is 289 g/mol. The summed E-state index contributed by atoms with van der Waals surface area (Å²) in [6, 6.07) is 4.57. The molecule has 0 bridgehead atoms. The summed E-state index contributed by atoms with van der Waals surface area (Å²) >= 11 is 3.32. The topological polar surface area (TPSA) is 20.2 Å². The fourth-order valence-corrected chi connectivity index (χ4v) is 2.16. The fourth-order valence-electron chi connectivity index (χ4n) is 1.66. The lowest BCUT2D eigenvalue weighted by molar-refractivity contribution is 0.00501. The molecule has 2 atom stereocenters. The maximum absolute atomic E-state index is 12.9. The van der Waals surface area contributed by atoms with Gasteiger partial charge in [-0.15, -0.1) is 0 Å². The molecule has 1 N–H and O–H groups in total. The largest absolute Gasteiger partial charge is 0.390 e. The molecule has 2 unspecified atom stereocenters. The van der Waals surface area contributed by atoms with E-state index in [0.717, 1.165) is 16.5 Å². The summed E-state index contributed by atoms with van der Waals surface area (Å²) in [6.07, 6.45) is 1.45. The van der Waals surface area contributed by atoms with Crippen LogP contribution in [0.25, 0.3) is 0 Å². The molecule has 0 aliphatic rings. The Labute approximate surface area is 105 Å².